The maximum absolute atomic E-state index is 13.8. The number of rotatable bonds is 5. The molecule has 0 unspecified atom stereocenters. The lowest BCUT2D eigenvalue weighted by atomic mass is 10.0. The molecule has 0 spiro atoms. The summed E-state index contributed by atoms with van der Waals surface area (Å²) in [5.74, 6) is -2.87. The Kier molecular flexibility index (Phi) is 5.76. The molecule has 1 aliphatic heterocycles. The zero-order chi connectivity index (χ0) is 23.0. The van der Waals surface area contributed by atoms with E-state index in [0.717, 1.165) is 17.7 Å². The number of fused-ring (bicyclic) bond motifs is 1. The van der Waals surface area contributed by atoms with Crippen molar-refractivity contribution in [3.05, 3.63) is 88.5 Å². The van der Waals surface area contributed by atoms with Gasteiger partial charge in [-0.15, -0.1) is 0 Å². The third-order valence-electron chi connectivity index (χ3n) is 5.26. The molecule has 3 aromatic rings. The van der Waals surface area contributed by atoms with Crippen molar-refractivity contribution in [2.45, 2.75) is 33.1 Å². The third kappa shape index (κ3) is 3.99. The second kappa shape index (κ2) is 8.51. The Balaban J connectivity index is 1.81. The van der Waals surface area contributed by atoms with Crippen LogP contribution in [0.5, 0.6) is 0 Å². The van der Waals surface area contributed by atoms with E-state index in [2.05, 4.69) is 0 Å². The number of benzene rings is 3. The molecule has 164 valence electrons. The summed E-state index contributed by atoms with van der Waals surface area (Å²) in [6, 6.07) is 13.4. The highest BCUT2D eigenvalue weighted by Gasteiger charge is 2.32. The number of aliphatic hydroxyl groups excluding tert-OH is 1. The van der Waals surface area contributed by atoms with Gasteiger partial charge in [-0.1, -0.05) is 24.3 Å². The number of carbonyl (C=O) groups is 2. The molecule has 7 heteroatoms. The minimum Gasteiger partial charge on any atom is -0.459 e. The minimum absolute atomic E-state index is 0.188. The number of halogens is 2. The van der Waals surface area contributed by atoms with E-state index < -0.39 is 17.6 Å². The molecule has 1 heterocycles. The number of hydrogen-bond donors (Lipinski definition) is 1. The summed E-state index contributed by atoms with van der Waals surface area (Å²) in [6.45, 7) is 3.47. The fourth-order valence-electron chi connectivity index (χ4n) is 3.70. The van der Waals surface area contributed by atoms with Gasteiger partial charge in [0.1, 0.15) is 0 Å². The van der Waals surface area contributed by atoms with E-state index in [1.165, 1.54) is 17.0 Å². The van der Waals surface area contributed by atoms with Crippen LogP contribution in [0.2, 0.25) is 0 Å². The predicted molar refractivity (Wildman–Crippen MR) is 115 cm³/mol. The summed E-state index contributed by atoms with van der Waals surface area (Å²) in [7, 11) is 0. The number of hydrogen-bond acceptors (Lipinski definition) is 4. The number of esters is 1. The van der Waals surface area contributed by atoms with Crippen LogP contribution in [-0.4, -0.2) is 23.1 Å². The van der Waals surface area contributed by atoms with Gasteiger partial charge in [0.15, 0.2) is 11.6 Å². The molecule has 0 aromatic heterocycles. The van der Waals surface area contributed by atoms with E-state index in [9.17, 15) is 23.5 Å². The zero-order valence-electron chi connectivity index (χ0n) is 17.6. The summed E-state index contributed by atoms with van der Waals surface area (Å²) in [6.07, 6.45) is -0.361. The van der Waals surface area contributed by atoms with Gasteiger partial charge in [-0.2, -0.15) is 0 Å². The standard InChI is InChI=1S/C25H21F2NO4/c1-14(2)32-25(31)19-7-5-17(16-6-8-21(26)22(27)10-16)11-23(19)28-12-18-4-3-15(13-29)9-20(18)24(28)30/h3-11,14,29H,12-13H2,1-2H3. The molecule has 1 aliphatic rings. The van der Waals surface area contributed by atoms with Crippen molar-refractivity contribution in [1.82, 2.24) is 0 Å². The number of ether oxygens (including phenoxy) is 1. The number of anilines is 1. The molecule has 0 fully saturated rings. The first-order valence-corrected chi connectivity index (χ1v) is 10.1. The Hall–Kier alpha value is -3.58. The van der Waals surface area contributed by atoms with Crippen molar-refractivity contribution in [3.8, 4) is 11.1 Å². The second-order valence-electron chi connectivity index (χ2n) is 7.86. The van der Waals surface area contributed by atoms with Crippen LogP contribution in [0, 0.1) is 11.6 Å². The molecule has 0 saturated carbocycles. The quantitative estimate of drug-likeness (QED) is 0.580. The molecule has 3 aromatic carbocycles. The third-order valence-corrected chi connectivity index (χ3v) is 5.26. The maximum atomic E-state index is 13.8. The Labute approximate surface area is 183 Å². The van der Waals surface area contributed by atoms with Gasteiger partial charge in [-0.05, 0) is 66.4 Å². The van der Waals surface area contributed by atoms with Gasteiger partial charge in [-0.3, -0.25) is 4.79 Å². The van der Waals surface area contributed by atoms with Gasteiger partial charge in [0.2, 0.25) is 0 Å². The number of nitrogens with zero attached hydrogens (tertiary/aromatic N) is 1. The first kappa shape index (κ1) is 21.6. The highest BCUT2D eigenvalue weighted by molar-refractivity contribution is 6.13. The van der Waals surface area contributed by atoms with Crippen LogP contribution in [0.4, 0.5) is 14.5 Å². The molecule has 0 atom stereocenters. The molecule has 4 rings (SSSR count). The van der Waals surface area contributed by atoms with Crippen molar-refractivity contribution < 1.29 is 28.2 Å². The number of carbonyl (C=O) groups excluding carboxylic acids is 2. The molecular weight excluding hydrogens is 416 g/mol. The lowest BCUT2D eigenvalue weighted by molar-refractivity contribution is 0.0379. The molecular formula is C25H21F2NO4. The van der Waals surface area contributed by atoms with E-state index in [0.29, 0.717) is 27.9 Å². The number of aliphatic hydroxyl groups is 1. The van der Waals surface area contributed by atoms with E-state index in [-0.39, 0.29) is 30.7 Å². The predicted octanol–water partition coefficient (Wildman–Crippen LogP) is 4.85. The SMILES string of the molecule is CC(C)OC(=O)c1ccc(-c2ccc(F)c(F)c2)cc1N1Cc2ccc(CO)cc2C1=O. The fraction of sp³-hybridized carbons (Fsp3) is 0.200. The van der Waals surface area contributed by atoms with E-state index in [1.807, 2.05) is 0 Å². The fourth-order valence-corrected chi connectivity index (χ4v) is 3.70. The van der Waals surface area contributed by atoms with Crippen molar-refractivity contribution in [2.24, 2.45) is 0 Å². The average Bonchev–Trinajstić information content (AvgIpc) is 3.10. The van der Waals surface area contributed by atoms with Crippen molar-refractivity contribution in [3.63, 3.8) is 0 Å². The molecule has 0 saturated heterocycles. The molecule has 0 aliphatic carbocycles. The smallest absolute Gasteiger partial charge is 0.340 e. The highest BCUT2D eigenvalue weighted by Crippen LogP contribution is 2.35. The average molecular weight is 437 g/mol. The first-order valence-electron chi connectivity index (χ1n) is 10.1. The zero-order valence-corrected chi connectivity index (χ0v) is 17.6. The molecule has 0 bridgehead atoms. The lowest BCUT2D eigenvalue weighted by Crippen LogP contribution is -2.26. The van der Waals surface area contributed by atoms with Gasteiger partial charge in [0.05, 0.1) is 30.5 Å². The van der Waals surface area contributed by atoms with Crippen molar-refractivity contribution >= 4 is 17.6 Å². The maximum Gasteiger partial charge on any atom is 0.340 e. The van der Waals surface area contributed by atoms with E-state index >= 15 is 0 Å². The van der Waals surface area contributed by atoms with Crippen molar-refractivity contribution in [1.29, 1.82) is 0 Å². The van der Waals surface area contributed by atoms with Crippen LogP contribution in [0.1, 0.15) is 45.7 Å². The Morgan fingerprint density at radius 2 is 1.75 bits per heavy atom. The Bertz CT molecular complexity index is 1220. The number of amides is 1. The largest absolute Gasteiger partial charge is 0.459 e. The van der Waals surface area contributed by atoms with Gasteiger partial charge >= 0.3 is 5.97 Å². The molecule has 5 nitrogen and oxygen atoms in total. The Morgan fingerprint density at radius 3 is 2.44 bits per heavy atom. The monoisotopic (exact) mass is 437 g/mol. The topological polar surface area (TPSA) is 66.8 Å². The van der Waals surface area contributed by atoms with Crippen molar-refractivity contribution in [2.75, 3.05) is 4.90 Å². The van der Waals surface area contributed by atoms with Gasteiger partial charge < -0.3 is 14.7 Å². The highest BCUT2D eigenvalue weighted by atomic mass is 19.2. The van der Waals surface area contributed by atoms with Gasteiger partial charge in [0.25, 0.3) is 5.91 Å². The van der Waals surface area contributed by atoms with Crippen LogP contribution in [0.15, 0.2) is 54.6 Å². The summed E-state index contributed by atoms with van der Waals surface area (Å²) in [5.41, 5.74) is 3.22. The van der Waals surface area contributed by atoms with Crippen LogP contribution < -0.4 is 4.90 Å². The second-order valence-corrected chi connectivity index (χ2v) is 7.86. The Morgan fingerprint density at radius 1 is 1.03 bits per heavy atom. The molecule has 1 amide bonds. The van der Waals surface area contributed by atoms with E-state index in [4.69, 9.17) is 4.74 Å². The summed E-state index contributed by atoms with van der Waals surface area (Å²) in [4.78, 5) is 27.4. The minimum atomic E-state index is -0.992. The molecule has 32 heavy (non-hydrogen) atoms. The first-order chi connectivity index (χ1) is 15.3. The van der Waals surface area contributed by atoms with Gasteiger partial charge in [-0.25, -0.2) is 13.6 Å². The summed E-state index contributed by atoms with van der Waals surface area (Å²) < 4.78 is 32.5. The van der Waals surface area contributed by atoms with E-state index in [1.54, 1.807) is 44.2 Å². The van der Waals surface area contributed by atoms with Crippen LogP contribution in [-0.2, 0) is 17.9 Å². The van der Waals surface area contributed by atoms with Gasteiger partial charge in [0, 0.05) is 5.56 Å². The van der Waals surface area contributed by atoms with Crippen LogP contribution >= 0.6 is 0 Å². The summed E-state index contributed by atoms with van der Waals surface area (Å²) in [5, 5.41) is 9.40. The molecule has 0 radical (unpaired) electrons. The van der Waals surface area contributed by atoms with Crippen LogP contribution in [0.3, 0.4) is 0 Å². The lowest BCUT2D eigenvalue weighted by Gasteiger charge is -2.21. The molecule has 1 N–H and O–H groups in total. The van der Waals surface area contributed by atoms with Crippen LogP contribution in [0.25, 0.3) is 11.1 Å². The summed E-state index contributed by atoms with van der Waals surface area (Å²) >= 11 is 0. The normalized spacial score (nSPS) is 12.9.